The van der Waals surface area contributed by atoms with Gasteiger partial charge in [0.1, 0.15) is 11.6 Å². The second-order valence-corrected chi connectivity index (χ2v) is 6.84. The molecule has 25 heavy (non-hydrogen) atoms. The first-order valence-corrected chi connectivity index (χ1v) is 8.56. The lowest BCUT2D eigenvalue weighted by Gasteiger charge is -2.12. The van der Waals surface area contributed by atoms with Crippen molar-refractivity contribution in [1.82, 2.24) is 10.2 Å². The highest BCUT2D eigenvalue weighted by Crippen LogP contribution is 2.32. The highest BCUT2D eigenvalue weighted by molar-refractivity contribution is 7.84. The Balaban J connectivity index is 1.93. The van der Waals surface area contributed by atoms with Crippen molar-refractivity contribution < 1.29 is 35.8 Å². The number of benzene rings is 1. The fraction of sp³-hybridized carbons (Fsp3) is 0.429. The van der Waals surface area contributed by atoms with E-state index in [4.69, 9.17) is 0 Å². The zero-order valence-electron chi connectivity index (χ0n) is 12.7. The van der Waals surface area contributed by atoms with Crippen molar-refractivity contribution in [2.45, 2.75) is 18.3 Å². The highest BCUT2D eigenvalue weighted by atomic mass is 32.2. The van der Waals surface area contributed by atoms with Gasteiger partial charge in [-0.2, -0.15) is 13.2 Å². The summed E-state index contributed by atoms with van der Waals surface area (Å²) >= 11 is 0. The Kier molecular flexibility index (Phi) is 5.76. The zero-order chi connectivity index (χ0) is 18.8. The third-order valence-corrected chi connectivity index (χ3v) is 4.83. The first-order chi connectivity index (χ1) is 11.6. The smallest absolute Gasteiger partial charge is 0.329 e. The van der Waals surface area contributed by atoms with Gasteiger partial charge in [-0.05, 0) is 18.6 Å². The SMILES string of the molecule is O=C1CNC(=O)N1CCCS(=O)Cc1cc(F)c(C(F)(F)F)cc1F. The van der Waals surface area contributed by atoms with Gasteiger partial charge in [0.25, 0.3) is 0 Å². The van der Waals surface area contributed by atoms with E-state index in [1.165, 1.54) is 0 Å². The minimum Gasteiger partial charge on any atom is -0.329 e. The van der Waals surface area contributed by atoms with Gasteiger partial charge < -0.3 is 5.32 Å². The molecule has 1 aliphatic heterocycles. The molecule has 5 nitrogen and oxygen atoms in total. The Morgan fingerprint density at radius 3 is 2.40 bits per heavy atom. The number of carbonyl (C=O) groups excluding carboxylic acids is 2. The summed E-state index contributed by atoms with van der Waals surface area (Å²) in [7, 11) is -1.70. The van der Waals surface area contributed by atoms with Crippen molar-refractivity contribution in [3.8, 4) is 0 Å². The van der Waals surface area contributed by atoms with Crippen molar-refractivity contribution >= 4 is 22.7 Å². The van der Waals surface area contributed by atoms with Crippen LogP contribution in [0.25, 0.3) is 0 Å². The number of hydrogen-bond donors (Lipinski definition) is 1. The van der Waals surface area contributed by atoms with Crippen molar-refractivity contribution in [2.24, 2.45) is 0 Å². The van der Waals surface area contributed by atoms with Crippen LogP contribution in [0, 0.1) is 11.6 Å². The molecule has 138 valence electrons. The molecule has 3 amide bonds. The molecule has 1 heterocycles. The summed E-state index contributed by atoms with van der Waals surface area (Å²) in [5, 5.41) is 2.31. The summed E-state index contributed by atoms with van der Waals surface area (Å²) in [5.74, 6) is -3.86. The second-order valence-electron chi connectivity index (χ2n) is 5.27. The average molecular weight is 384 g/mol. The number of imide groups is 1. The molecule has 0 spiro atoms. The summed E-state index contributed by atoms with van der Waals surface area (Å²) in [6.07, 6.45) is -4.86. The summed E-state index contributed by atoms with van der Waals surface area (Å²) in [5.41, 5.74) is -2.16. The Hall–Kier alpha value is -2.04. The van der Waals surface area contributed by atoms with E-state index in [1.807, 2.05) is 0 Å². The summed E-state index contributed by atoms with van der Waals surface area (Å²) in [4.78, 5) is 23.6. The number of hydrogen-bond acceptors (Lipinski definition) is 3. The molecule has 0 aliphatic carbocycles. The van der Waals surface area contributed by atoms with Crippen molar-refractivity contribution in [2.75, 3.05) is 18.8 Å². The van der Waals surface area contributed by atoms with Gasteiger partial charge in [0.2, 0.25) is 5.91 Å². The van der Waals surface area contributed by atoms with E-state index in [1.54, 1.807) is 0 Å². The molecule has 1 N–H and O–H groups in total. The number of nitrogens with zero attached hydrogens (tertiary/aromatic N) is 1. The molecule has 0 bridgehead atoms. The van der Waals surface area contributed by atoms with E-state index in [-0.39, 0.29) is 31.3 Å². The van der Waals surface area contributed by atoms with Crippen LogP contribution in [-0.4, -0.2) is 39.9 Å². The lowest BCUT2D eigenvalue weighted by Crippen LogP contribution is -2.32. The molecule has 11 heteroatoms. The summed E-state index contributed by atoms with van der Waals surface area (Å²) in [6, 6.07) is -0.144. The van der Waals surface area contributed by atoms with Gasteiger partial charge in [-0.1, -0.05) is 0 Å². The summed E-state index contributed by atoms with van der Waals surface area (Å²) < 4.78 is 76.4. The molecular formula is C14H13F5N2O3S. The van der Waals surface area contributed by atoms with Crippen LogP contribution in [0.2, 0.25) is 0 Å². The maximum atomic E-state index is 13.7. The van der Waals surface area contributed by atoms with Crippen LogP contribution < -0.4 is 5.32 Å². The van der Waals surface area contributed by atoms with E-state index in [0.717, 1.165) is 4.90 Å². The largest absolute Gasteiger partial charge is 0.419 e. The van der Waals surface area contributed by atoms with Crippen LogP contribution >= 0.6 is 0 Å². The molecule has 1 atom stereocenters. The predicted molar refractivity (Wildman–Crippen MR) is 77.8 cm³/mol. The van der Waals surface area contributed by atoms with E-state index in [0.29, 0.717) is 6.07 Å². The minimum atomic E-state index is -5.02. The van der Waals surface area contributed by atoms with Gasteiger partial charge in [0.15, 0.2) is 0 Å². The van der Waals surface area contributed by atoms with Crippen LogP contribution in [0.3, 0.4) is 0 Å². The molecule has 0 aromatic heterocycles. The third-order valence-electron chi connectivity index (χ3n) is 3.45. The molecule has 1 saturated heterocycles. The maximum absolute atomic E-state index is 13.7. The first-order valence-electron chi connectivity index (χ1n) is 7.08. The standard InChI is InChI=1S/C14H13F5N2O3S/c15-10-5-9(14(17,18)19)11(16)4-8(10)7-25(24)3-1-2-21-12(22)6-20-13(21)23/h4-5H,1-3,6-7H2,(H,20,23). The molecule has 0 radical (unpaired) electrons. The van der Waals surface area contributed by atoms with Gasteiger partial charge >= 0.3 is 12.2 Å². The fourth-order valence-corrected chi connectivity index (χ4v) is 3.39. The lowest BCUT2D eigenvalue weighted by atomic mass is 10.1. The molecule has 1 unspecified atom stereocenters. The van der Waals surface area contributed by atoms with Crippen molar-refractivity contribution in [3.05, 3.63) is 34.9 Å². The van der Waals surface area contributed by atoms with Crippen LogP contribution in [0.1, 0.15) is 17.5 Å². The average Bonchev–Trinajstić information content (AvgIpc) is 2.81. The number of carbonyl (C=O) groups is 2. The van der Waals surface area contributed by atoms with Crippen LogP contribution in [0.5, 0.6) is 0 Å². The quantitative estimate of drug-likeness (QED) is 0.604. The monoisotopic (exact) mass is 384 g/mol. The van der Waals surface area contributed by atoms with Gasteiger partial charge in [0, 0.05) is 28.7 Å². The number of urea groups is 1. The lowest BCUT2D eigenvalue weighted by molar-refractivity contribution is -0.140. The molecular weight excluding hydrogens is 371 g/mol. The molecule has 1 aromatic carbocycles. The number of amides is 3. The van der Waals surface area contributed by atoms with Gasteiger partial charge in [-0.3, -0.25) is 13.9 Å². The first kappa shape index (κ1) is 19.3. The number of alkyl halides is 3. The highest BCUT2D eigenvalue weighted by Gasteiger charge is 2.35. The Morgan fingerprint density at radius 1 is 1.16 bits per heavy atom. The van der Waals surface area contributed by atoms with Gasteiger partial charge in [-0.25, -0.2) is 13.6 Å². The van der Waals surface area contributed by atoms with E-state index in [2.05, 4.69) is 5.32 Å². The minimum absolute atomic E-state index is 0.0141. The van der Waals surface area contributed by atoms with Crippen molar-refractivity contribution in [3.63, 3.8) is 0 Å². The van der Waals surface area contributed by atoms with E-state index >= 15 is 0 Å². The third kappa shape index (κ3) is 4.74. The number of rotatable bonds is 6. The number of nitrogens with one attached hydrogen (secondary N) is 1. The topological polar surface area (TPSA) is 66.5 Å². The van der Waals surface area contributed by atoms with Gasteiger partial charge in [0.05, 0.1) is 17.9 Å². The fourth-order valence-electron chi connectivity index (χ4n) is 2.23. The molecule has 1 aliphatic rings. The van der Waals surface area contributed by atoms with Crippen LogP contribution in [0.4, 0.5) is 26.7 Å². The predicted octanol–water partition coefficient (Wildman–Crippen LogP) is 2.17. The maximum Gasteiger partial charge on any atom is 0.419 e. The summed E-state index contributed by atoms with van der Waals surface area (Å²) in [6.45, 7) is -0.0990. The molecule has 1 aromatic rings. The van der Waals surface area contributed by atoms with Crippen LogP contribution in [-0.2, 0) is 27.5 Å². The van der Waals surface area contributed by atoms with E-state index in [9.17, 15) is 35.8 Å². The molecule has 2 rings (SSSR count). The zero-order valence-corrected chi connectivity index (χ0v) is 13.5. The van der Waals surface area contributed by atoms with Crippen molar-refractivity contribution in [1.29, 1.82) is 0 Å². The number of halogens is 5. The van der Waals surface area contributed by atoms with E-state index < -0.39 is 57.4 Å². The van der Waals surface area contributed by atoms with Gasteiger partial charge in [-0.15, -0.1) is 0 Å². The van der Waals surface area contributed by atoms with Crippen LogP contribution in [0.15, 0.2) is 12.1 Å². The molecule has 0 saturated carbocycles. The Labute approximate surface area is 141 Å². The normalized spacial score (nSPS) is 16.3. The second kappa shape index (κ2) is 7.46. The molecule has 1 fully saturated rings. The Morgan fingerprint density at radius 2 is 1.84 bits per heavy atom. The Bertz CT molecular complexity index is 707.